The number of fused-ring (bicyclic) bond motifs is 3. The van der Waals surface area contributed by atoms with Crippen LogP contribution in [0.4, 0.5) is 4.39 Å². The Balaban J connectivity index is 2.34. The van der Waals surface area contributed by atoms with Gasteiger partial charge in [-0.15, -0.1) is 0 Å². The lowest BCUT2D eigenvalue weighted by molar-refractivity contribution is 0.610. The van der Waals surface area contributed by atoms with Crippen LogP contribution in [0, 0.1) is 5.82 Å². The molecule has 0 spiro atoms. The van der Waals surface area contributed by atoms with E-state index in [1.54, 1.807) is 0 Å². The van der Waals surface area contributed by atoms with E-state index in [4.69, 9.17) is 11.6 Å². The summed E-state index contributed by atoms with van der Waals surface area (Å²) in [6.07, 6.45) is 0.646. The maximum absolute atomic E-state index is 14.0. The third kappa shape index (κ3) is 1.33. The molecular weight excluding hydrogens is 290 g/mol. The molecule has 0 saturated heterocycles. The molecule has 0 atom stereocenters. The van der Waals surface area contributed by atoms with Crippen LogP contribution in [-0.2, 0) is 6.42 Å². The van der Waals surface area contributed by atoms with E-state index in [2.05, 4.69) is 15.9 Å². The van der Waals surface area contributed by atoms with Crippen molar-refractivity contribution in [1.82, 2.24) is 0 Å². The monoisotopic (exact) mass is 296 g/mol. The molecule has 0 heterocycles. The molecule has 0 saturated carbocycles. The Morgan fingerprint density at radius 2 is 1.94 bits per heavy atom. The van der Waals surface area contributed by atoms with Crippen molar-refractivity contribution in [3.63, 3.8) is 0 Å². The second-order valence-corrected chi connectivity index (χ2v) is 5.05. The first-order valence-corrected chi connectivity index (χ1v) is 6.10. The molecule has 0 nitrogen and oxygen atoms in total. The highest BCUT2D eigenvalue weighted by atomic mass is 79.9. The lowest BCUT2D eigenvalue weighted by Gasteiger charge is -2.05. The average Bonchev–Trinajstić information content (AvgIpc) is 2.65. The van der Waals surface area contributed by atoms with Crippen LogP contribution in [-0.4, -0.2) is 0 Å². The van der Waals surface area contributed by atoms with Crippen molar-refractivity contribution >= 4 is 27.5 Å². The molecule has 0 bridgehead atoms. The predicted molar refractivity (Wildman–Crippen MR) is 67.4 cm³/mol. The summed E-state index contributed by atoms with van der Waals surface area (Å²) in [7, 11) is 0. The highest BCUT2D eigenvalue weighted by Gasteiger charge is 2.24. The van der Waals surface area contributed by atoms with Gasteiger partial charge in [-0.05, 0) is 38.7 Å². The van der Waals surface area contributed by atoms with Crippen molar-refractivity contribution < 1.29 is 4.39 Å². The quantitative estimate of drug-likeness (QED) is 0.522. The van der Waals surface area contributed by atoms with E-state index in [1.165, 1.54) is 0 Å². The second-order valence-electron chi connectivity index (χ2n) is 3.85. The molecule has 2 aromatic rings. The van der Waals surface area contributed by atoms with Gasteiger partial charge in [0.1, 0.15) is 5.82 Å². The summed E-state index contributed by atoms with van der Waals surface area (Å²) >= 11 is 9.15. The van der Waals surface area contributed by atoms with Crippen molar-refractivity contribution in [1.29, 1.82) is 0 Å². The van der Waals surface area contributed by atoms with Crippen LogP contribution >= 0.6 is 27.5 Å². The minimum Gasteiger partial charge on any atom is -0.205 e. The summed E-state index contributed by atoms with van der Waals surface area (Å²) < 4.78 is 14.4. The molecule has 1 aliphatic rings. The van der Waals surface area contributed by atoms with Gasteiger partial charge in [-0.3, -0.25) is 0 Å². The van der Waals surface area contributed by atoms with E-state index in [0.717, 1.165) is 22.3 Å². The van der Waals surface area contributed by atoms with Crippen LogP contribution in [0.15, 0.2) is 34.8 Å². The van der Waals surface area contributed by atoms with Crippen molar-refractivity contribution in [2.24, 2.45) is 0 Å². The van der Waals surface area contributed by atoms with Crippen LogP contribution in [0.25, 0.3) is 11.1 Å². The highest BCUT2D eigenvalue weighted by Crippen LogP contribution is 2.42. The van der Waals surface area contributed by atoms with Crippen molar-refractivity contribution in [2.75, 3.05) is 0 Å². The SMILES string of the molecule is Fc1c(Br)c(Cl)cc2c1Cc1ccccc1-2. The zero-order chi connectivity index (χ0) is 11.3. The molecule has 0 unspecified atom stereocenters. The third-order valence-electron chi connectivity index (χ3n) is 2.94. The van der Waals surface area contributed by atoms with Gasteiger partial charge in [0.05, 0.1) is 9.50 Å². The molecule has 0 fully saturated rings. The molecule has 0 radical (unpaired) electrons. The predicted octanol–water partition coefficient (Wildman–Crippen LogP) is 4.81. The molecule has 3 heteroatoms. The summed E-state index contributed by atoms with van der Waals surface area (Å²) in [4.78, 5) is 0. The van der Waals surface area contributed by atoms with Crippen molar-refractivity contribution in [3.8, 4) is 11.1 Å². The Morgan fingerprint density at radius 3 is 2.75 bits per heavy atom. The molecule has 16 heavy (non-hydrogen) atoms. The Hall–Kier alpha value is -0.860. The van der Waals surface area contributed by atoms with Crippen LogP contribution in [0.2, 0.25) is 5.02 Å². The molecule has 1 aliphatic carbocycles. The van der Waals surface area contributed by atoms with Crippen LogP contribution in [0.1, 0.15) is 11.1 Å². The Kier molecular flexibility index (Phi) is 2.30. The van der Waals surface area contributed by atoms with E-state index in [-0.39, 0.29) is 5.82 Å². The number of benzene rings is 2. The fourth-order valence-electron chi connectivity index (χ4n) is 2.17. The van der Waals surface area contributed by atoms with E-state index in [1.807, 2.05) is 30.3 Å². The van der Waals surface area contributed by atoms with Crippen molar-refractivity contribution in [3.05, 3.63) is 56.8 Å². The van der Waals surface area contributed by atoms with Gasteiger partial charge in [0.15, 0.2) is 0 Å². The lowest BCUT2D eigenvalue weighted by Crippen LogP contribution is -1.90. The fourth-order valence-corrected chi connectivity index (χ4v) is 2.72. The highest BCUT2D eigenvalue weighted by molar-refractivity contribution is 9.10. The third-order valence-corrected chi connectivity index (χ3v) is 4.24. The smallest absolute Gasteiger partial charge is 0.143 e. The summed E-state index contributed by atoms with van der Waals surface area (Å²) in [5, 5.41) is 0.424. The van der Waals surface area contributed by atoms with Crippen LogP contribution in [0.3, 0.4) is 0 Å². The van der Waals surface area contributed by atoms with Gasteiger partial charge in [0.2, 0.25) is 0 Å². The maximum Gasteiger partial charge on any atom is 0.143 e. The lowest BCUT2D eigenvalue weighted by atomic mass is 10.1. The molecule has 80 valence electrons. The number of halogens is 3. The number of hydrogen-bond donors (Lipinski definition) is 0. The maximum atomic E-state index is 14.0. The van der Waals surface area contributed by atoms with Crippen molar-refractivity contribution in [2.45, 2.75) is 6.42 Å². The minimum absolute atomic E-state index is 0.237. The summed E-state index contributed by atoms with van der Waals surface area (Å²) in [6.45, 7) is 0. The van der Waals surface area contributed by atoms with E-state index in [9.17, 15) is 4.39 Å². The molecule has 0 aliphatic heterocycles. The molecule has 0 N–H and O–H groups in total. The standard InChI is InChI=1S/C13H7BrClF/c14-12-11(15)6-9-8-4-2-1-3-7(8)5-10(9)13(12)16/h1-4,6H,5H2. The number of rotatable bonds is 0. The first-order chi connectivity index (χ1) is 7.68. The minimum atomic E-state index is -0.237. The zero-order valence-corrected chi connectivity index (χ0v) is 10.6. The topological polar surface area (TPSA) is 0 Å². The van der Waals surface area contributed by atoms with E-state index >= 15 is 0 Å². The number of hydrogen-bond acceptors (Lipinski definition) is 0. The largest absolute Gasteiger partial charge is 0.205 e. The molecule has 0 aromatic heterocycles. The van der Waals surface area contributed by atoms with Gasteiger partial charge in [-0.2, -0.15) is 0 Å². The molecular formula is C13H7BrClF. The van der Waals surface area contributed by atoms with Crippen LogP contribution < -0.4 is 0 Å². The van der Waals surface area contributed by atoms with Gasteiger partial charge in [-0.1, -0.05) is 35.9 Å². The fraction of sp³-hybridized carbons (Fsp3) is 0.0769. The van der Waals surface area contributed by atoms with E-state index in [0.29, 0.717) is 15.9 Å². The summed E-state index contributed by atoms with van der Waals surface area (Å²) in [6, 6.07) is 9.79. The first-order valence-electron chi connectivity index (χ1n) is 4.93. The Labute approximate surface area is 106 Å². The molecule has 0 amide bonds. The summed E-state index contributed by atoms with van der Waals surface area (Å²) in [5.74, 6) is -0.237. The molecule has 2 aromatic carbocycles. The Bertz CT molecular complexity index is 593. The van der Waals surface area contributed by atoms with E-state index < -0.39 is 0 Å². The first kappa shape index (κ1) is 10.3. The molecule has 3 rings (SSSR count). The normalized spacial score (nSPS) is 12.4. The average molecular weight is 298 g/mol. The summed E-state index contributed by atoms with van der Waals surface area (Å²) in [5.41, 5.74) is 3.90. The van der Waals surface area contributed by atoms with Gasteiger partial charge in [-0.25, -0.2) is 4.39 Å². The zero-order valence-electron chi connectivity index (χ0n) is 8.23. The van der Waals surface area contributed by atoms with Gasteiger partial charge in [0.25, 0.3) is 0 Å². The second kappa shape index (κ2) is 3.57. The van der Waals surface area contributed by atoms with Gasteiger partial charge < -0.3 is 0 Å². The Morgan fingerprint density at radius 1 is 1.19 bits per heavy atom. The van der Waals surface area contributed by atoms with Gasteiger partial charge in [0, 0.05) is 12.0 Å². The van der Waals surface area contributed by atoms with Gasteiger partial charge >= 0.3 is 0 Å². The van der Waals surface area contributed by atoms with Crippen LogP contribution in [0.5, 0.6) is 0 Å².